The van der Waals surface area contributed by atoms with E-state index in [0.29, 0.717) is 19.3 Å². The lowest BCUT2D eigenvalue weighted by Crippen LogP contribution is -2.44. The molecule has 0 atom stereocenters. The first kappa shape index (κ1) is 43.2. The maximum atomic E-state index is 12.3. The fraction of sp³-hybridized carbons (Fsp3) is 0.912. The molecule has 0 bridgehead atoms. The maximum absolute atomic E-state index is 12.3. The molecule has 45 heavy (non-hydrogen) atoms. The summed E-state index contributed by atoms with van der Waals surface area (Å²) in [5.41, 5.74) is -2.60. The van der Waals surface area contributed by atoms with Gasteiger partial charge in [-0.3, -0.25) is 14.4 Å². The number of rotatable bonds is 33. The zero-order valence-corrected chi connectivity index (χ0v) is 28.0. The highest BCUT2D eigenvalue weighted by atomic mass is 16.5. The number of unbranched alkanes of at least 4 members (excludes halogenated alkanes) is 15. The number of aliphatic hydroxyl groups excluding tert-OH is 4. The third-order valence-corrected chi connectivity index (χ3v) is 8.24. The van der Waals surface area contributed by atoms with Gasteiger partial charge >= 0.3 is 17.9 Å². The predicted molar refractivity (Wildman–Crippen MR) is 172 cm³/mol. The molecule has 0 aliphatic carbocycles. The Hall–Kier alpha value is -1.79. The number of aliphatic carboxylic acids is 1. The summed E-state index contributed by atoms with van der Waals surface area (Å²) in [6.45, 7) is -0.984. The molecule has 0 aliphatic heterocycles. The SMILES string of the molecule is CCCCCCCCCCCCCCCCCC(=O)OCC(CO)(CO)COCC(CO)(CO)COC(=O)CCCCC(=O)O. The second-order valence-electron chi connectivity index (χ2n) is 12.7. The summed E-state index contributed by atoms with van der Waals surface area (Å²) in [5, 5.41) is 48.2. The van der Waals surface area contributed by atoms with E-state index in [9.17, 15) is 34.8 Å². The molecule has 0 aliphatic rings. The highest BCUT2D eigenvalue weighted by molar-refractivity contribution is 5.70. The van der Waals surface area contributed by atoms with Crippen molar-refractivity contribution in [2.24, 2.45) is 10.8 Å². The van der Waals surface area contributed by atoms with E-state index in [0.717, 1.165) is 19.3 Å². The van der Waals surface area contributed by atoms with Gasteiger partial charge in [0.1, 0.15) is 13.2 Å². The van der Waals surface area contributed by atoms with Gasteiger partial charge < -0.3 is 39.7 Å². The van der Waals surface area contributed by atoms with Crippen LogP contribution in [0.15, 0.2) is 0 Å². The third kappa shape index (κ3) is 23.2. The van der Waals surface area contributed by atoms with Crippen LogP contribution in [0.2, 0.25) is 0 Å². The summed E-state index contributed by atoms with van der Waals surface area (Å²) >= 11 is 0. The van der Waals surface area contributed by atoms with Crippen LogP contribution in [-0.2, 0) is 28.6 Å². The minimum absolute atomic E-state index is 0.00395. The molecule has 0 aromatic rings. The standard InChI is InChI=1S/C34H64O11/c1-2-3-4-5-6-7-8-9-10-11-12-13-14-15-16-20-31(41)44-28-33(22-35,23-36)26-43-27-34(24-37,25-38)29-45-32(42)21-18-17-19-30(39)40/h35-38H,2-29H2,1H3,(H,39,40). The van der Waals surface area contributed by atoms with E-state index in [1.807, 2.05) is 0 Å². The van der Waals surface area contributed by atoms with Gasteiger partial charge in [-0.15, -0.1) is 0 Å². The number of hydrogen-bond acceptors (Lipinski definition) is 10. The van der Waals surface area contributed by atoms with Crippen LogP contribution in [0.4, 0.5) is 0 Å². The van der Waals surface area contributed by atoms with Gasteiger partial charge in [0.25, 0.3) is 0 Å². The number of ether oxygens (including phenoxy) is 3. The molecular formula is C34H64O11. The summed E-state index contributed by atoms with van der Waals surface area (Å²) in [7, 11) is 0. The molecule has 5 N–H and O–H groups in total. The Balaban J connectivity index is 4.20. The topological polar surface area (TPSA) is 180 Å². The molecule has 0 rings (SSSR count). The Morgan fingerprint density at radius 1 is 0.467 bits per heavy atom. The smallest absolute Gasteiger partial charge is 0.305 e. The van der Waals surface area contributed by atoms with Crippen molar-refractivity contribution < 1.29 is 54.1 Å². The first-order chi connectivity index (χ1) is 21.7. The molecule has 0 spiro atoms. The molecule has 11 heteroatoms. The van der Waals surface area contributed by atoms with Crippen molar-refractivity contribution in [3.8, 4) is 0 Å². The first-order valence-electron chi connectivity index (χ1n) is 17.3. The third-order valence-electron chi connectivity index (χ3n) is 8.24. The fourth-order valence-corrected chi connectivity index (χ4v) is 4.83. The van der Waals surface area contributed by atoms with Crippen LogP contribution in [-0.4, -0.2) is 96.3 Å². The second kappa shape index (κ2) is 28.4. The lowest BCUT2D eigenvalue weighted by molar-refractivity contribution is -0.158. The highest BCUT2D eigenvalue weighted by Gasteiger charge is 2.35. The molecule has 0 aromatic carbocycles. The molecule has 0 heterocycles. The summed E-state index contributed by atoms with van der Waals surface area (Å²) in [5.74, 6) is -1.95. The minimum atomic E-state index is -1.32. The highest BCUT2D eigenvalue weighted by Crippen LogP contribution is 2.23. The Morgan fingerprint density at radius 3 is 1.11 bits per heavy atom. The number of hydrogen-bond donors (Lipinski definition) is 5. The van der Waals surface area contributed by atoms with Gasteiger partial charge in [0, 0.05) is 19.3 Å². The van der Waals surface area contributed by atoms with Crippen LogP contribution in [0.25, 0.3) is 0 Å². The minimum Gasteiger partial charge on any atom is -0.481 e. The fourth-order valence-electron chi connectivity index (χ4n) is 4.83. The van der Waals surface area contributed by atoms with Crippen LogP contribution in [0.3, 0.4) is 0 Å². The first-order valence-corrected chi connectivity index (χ1v) is 17.3. The number of carboxylic acids is 1. The summed E-state index contributed by atoms with van der Waals surface area (Å²) in [6.07, 6.45) is 19.4. The molecule has 0 fully saturated rings. The second-order valence-corrected chi connectivity index (χ2v) is 12.7. The van der Waals surface area contributed by atoms with Crippen molar-refractivity contribution in [3.63, 3.8) is 0 Å². The van der Waals surface area contributed by atoms with E-state index in [1.54, 1.807) is 0 Å². The number of carbonyl (C=O) groups excluding carboxylic acids is 2. The van der Waals surface area contributed by atoms with Crippen LogP contribution in [0, 0.1) is 10.8 Å². The Bertz CT molecular complexity index is 736. The van der Waals surface area contributed by atoms with Crippen LogP contribution >= 0.6 is 0 Å². The summed E-state index contributed by atoms with van der Waals surface area (Å²) in [4.78, 5) is 34.8. The number of carbonyl (C=O) groups is 3. The summed E-state index contributed by atoms with van der Waals surface area (Å²) in [6, 6.07) is 0. The van der Waals surface area contributed by atoms with Crippen LogP contribution in [0.1, 0.15) is 135 Å². The van der Waals surface area contributed by atoms with Crippen molar-refractivity contribution >= 4 is 17.9 Å². The zero-order chi connectivity index (χ0) is 33.7. The van der Waals surface area contributed by atoms with Crippen molar-refractivity contribution in [2.45, 2.75) is 135 Å². The Kier molecular flexibility index (Phi) is 27.3. The van der Waals surface area contributed by atoms with E-state index >= 15 is 0 Å². The molecule has 0 saturated carbocycles. The number of carboxylic acid groups (broad SMARTS) is 1. The van der Waals surface area contributed by atoms with Crippen molar-refractivity contribution in [2.75, 3.05) is 52.9 Å². The van der Waals surface area contributed by atoms with E-state index in [2.05, 4.69) is 6.92 Å². The lowest BCUT2D eigenvalue weighted by Gasteiger charge is -2.33. The zero-order valence-electron chi connectivity index (χ0n) is 28.0. The molecule has 11 nitrogen and oxygen atoms in total. The van der Waals surface area contributed by atoms with Gasteiger partial charge in [0.05, 0.1) is 50.5 Å². The Morgan fingerprint density at radius 2 is 0.778 bits per heavy atom. The molecular weight excluding hydrogens is 584 g/mol. The van der Waals surface area contributed by atoms with Crippen molar-refractivity contribution in [1.82, 2.24) is 0 Å². The van der Waals surface area contributed by atoms with Gasteiger partial charge in [-0.2, -0.15) is 0 Å². The number of esters is 2. The van der Waals surface area contributed by atoms with Crippen LogP contribution in [0.5, 0.6) is 0 Å². The van der Waals surface area contributed by atoms with E-state index in [-0.39, 0.29) is 45.7 Å². The lowest BCUT2D eigenvalue weighted by atomic mass is 9.90. The largest absolute Gasteiger partial charge is 0.481 e. The molecule has 0 saturated heterocycles. The molecule has 0 aromatic heterocycles. The van der Waals surface area contributed by atoms with Crippen molar-refractivity contribution in [1.29, 1.82) is 0 Å². The van der Waals surface area contributed by atoms with Gasteiger partial charge in [0.2, 0.25) is 0 Å². The Labute approximate surface area is 271 Å². The predicted octanol–water partition coefficient (Wildman–Crippen LogP) is 4.94. The average molecular weight is 649 g/mol. The van der Waals surface area contributed by atoms with E-state index in [1.165, 1.54) is 70.6 Å². The van der Waals surface area contributed by atoms with E-state index in [4.69, 9.17) is 19.3 Å². The maximum Gasteiger partial charge on any atom is 0.305 e. The molecule has 0 unspecified atom stereocenters. The molecule has 0 radical (unpaired) electrons. The van der Waals surface area contributed by atoms with Gasteiger partial charge in [0.15, 0.2) is 0 Å². The van der Waals surface area contributed by atoms with Gasteiger partial charge in [-0.05, 0) is 19.3 Å². The quantitative estimate of drug-likeness (QED) is 0.0481. The van der Waals surface area contributed by atoms with Gasteiger partial charge in [-0.25, -0.2) is 0 Å². The number of aliphatic hydroxyl groups is 4. The summed E-state index contributed by atoms with van der Waals surface area (Å²) < 4.78 is 16.1. The monoisotopic (exact) mass is 648 g/mol. The van der Waals surface area contributed by atoms with E-state index < -0.39 is 55.2 Å². The van der Waals surface area contributed by atoms with Crippen LogP contribution < -0.4 is 0 Å². The van der Waals surface area contributed by atoms with Crippen molar-refractivity contribution in [3.05, 3.63) is 0 Å². The van der Waals surface area contributed by atoms with Gasteiger partial charge in [-0.1, -0.05) is 96.8 Å². The molecule has 0 amide bonds. The molecule has 266 valence electrons. The average Bonchev–Trinajstić information content (AvgIpc) is 3.04. The normalized spacial score (nSPS) is 11.9.